The van der Waals surface area contributed by atoms with Gasteiger partial charge in [-0.25, -0.2) is 22.0 Å². The molecule has 2 saturated carbocycles. The number of benzene rings is 3. The molecule has 2 fully saturated rings. The molecule has 0 heterocycles. The van der Waals surface area contributed by atoms with Crippen molar-refractivity contribution in [2.24, 2.45) is 17.8 Å². The van der Waals surface area contributed by atoms with Gasteiger partial charge < -0.3 is 4.74 Å². The third-order valence-electron chi connectivity index (χ3n) is 10.7. The van der Waals surface area contributed by atoms with Crippen molar-refractivity contribution in [3.63, 3.8) is 0 Å². The first-order chi connectivity index (χ1) is 23.7. The molecule has 0 unspecified atom stereocenters. The van der Waals surface area contributed by atoms with Crippen LogP contribution in [0.4, 0.5) is 43.9 Å². The van der Waals surface area contributed by atoms with Crippen LogP contribution in [0.5, 0.6) is 5.75 Å². The largest absolute Gasteiger partial charge is 0.432 e. The Kier molecular flexibility index (Phi) is 12.1. The summed E-state index contributed by atoms with van der Waals surface area (Å²) < 4.78 is 146. The first kappa shape index (κ1) is 38.0. The summed E-state index contributed by atoms with van der Waals surface area (Å²) in [5, 5.41) is 0. The Morgan fingerprint density at radius 3 is 1.88 bits per heavy atom. The van der Waals surface area contributed by atoms with Gasteiger partial charge in [0.25, 0.3) is 0 Å². The highest BCUT2D eigenvalue weighted by molar-refractivity contribution is 5.66. The van der Waals surface area contributed by atoms with Gasteiger partial charge in [0.05, 0.1) is 6.42 Å². The molecule has 274 valence electrons. The molecule has 2 aliphatic rings. The molecule has 5 rings (SSSR count). The Labute approximate surface area is 286 Å². The lowest BCUT2D eigenvalue weighted by Gasteiger charge is -2.38. The van der Waals surface area contributed by atoms with Crippen molar-refractivity contribution in [3.05, 3.63) is 88.2 Å². The van der Waals surface area contributed by atoms with Crippen LogP contribution in [0.1, 0.15) is 113 Å². The fourth-order valence-corrected chi connectivity index (χ4v) is 7.94. The zero-order chi connectivity index (χ0) is 36.2. The fourth-order valence-electron chi connectivity index (χ4n) is 7.94. The lowest BCUT2D eigenvalue weighted by molar-refractivity contribution is -0.180. The van der Waals surface area contributed by atoms with Crippen LogP contribution in [0.2, 0.25) is 0 Å². The zero-order valence-corrected chi connectivity index (χ0v) is 27.9. The van der Waals surface area contributed by atoms with Crippen LogP contribution in [-0.4, -0.2) is 6.11 Å². The maximum Gasteiger partial charge on any atom is 0.422 e. The van der Waals surface area contributed by atoms with Gasteiger partial charge in [0, 0.05) is 11.6 Å². The lowest BCUT2D eigenvalue weighted by Crippen LogP contribution is -2.26. The maximum atomic E-state index is 15.3. The predicted molar refractivity (Wildman–Crippen MR) is 171 cm³/mol. The van der Waals surface area contributed by atoms with E-state index in [4.69, 9.17) is 0 Å². The monoisotopic (exact) mass is 716 g/mol. The molecule has 50 heavy (non-hydrogen) atoms. The van der Waals surface area contributed by atoms with E-state index in [1.807, 2.05) is 0 Å². The molecule has 0 aliphatic heterocycles. The minimum Gasteiger partial charge on any atom is -0.432 e. The summed E-state index contributed by atoms with van der Waals surface area (Å²) in [7, 11) is 0. The summed E-state index contributed by atoms with van der Waals surface area (Å²) in [6.45, 7) is 2.22. The molecule has 0 amide bonds. The number of hydrogen-bond acceptors (Lipinski definition) is 1. The highest BCUT2D eigenvalue weighted by Crippen LogP contribution is 2.45. The number of alkyl halides is 5. The van der Waals surface area contributed by atoms with Gasteiger partial charge in [-0.05, 0) is 110 Å². The van der Waals surface area contributed by atoms with Gasteiger partial charge in [-0.1, -0.05) is 57.6 Å². The van der Waals surface area contributed by atoms with E-state index in [0.29, 0.717) is 17.9 Å². The number of aryl methyl sites for hydroxylation is 1. The summed E-state index contributed by atoms with van der Waals surface area (Å²) in [5.41, 5.74) is -3.29. The number of rotatable bonds is 12. The summed E-state index contributed by atoms with van der Waals surface area (Å²) in [6.07, 6.45) is 2.66. The molecule has 0 atom stereocenters. The molecule has 1 nitrogen and oxygen atoms in total. The normalized spacial score (nSPS) is 21.7. The second-order valence-corrected chi connectivity index (χ2v) is 14.0. The minimum atomic E-state index is -5.32. The van der Waals surface area contributed by atoms with Gasteiger partial charge in [0.15, 0.2) is 11.6 Å². The van der Waals surface area contributed by atoms with E-state index in [-0.39, 0.29) is 29.2 Å². The zero-order valence-electron chi connectivity index (χ0n) is 27.9. The smallest absolute Gasteiger partial charge is 0.422 e. The number of ether oxygens (including phenoxy) is 1. The van der Waals surface area contributed by atoms with E-state index < -0.39 is 76.7 Å². The second kappa shape index (κ2) is 16.0. The van der Waals surface area contributed by atoms with Gasteiger partial charge in [0.2, 0.25) is 0 Å². The van der Waals surface area contributed by atoms with E-state index >= 15 is 8.78 Å². The molecule has 0 N–H and O–H groups in total. The van der Waals surface area contributed by atoms with Crippen LogP contribution in [0.25, 0.3) is 11.1 Å². The van der Waals surface area contributed by atoms with Crippen molar-refractivity contribution in [3.8, 4) is 16.9 Å². The molecule has 3 aromatic rings. The average Bonchev–Trinajstić information content (AvgIpc) is 3.05. The molecule has 0 bridgehead atoms. The van der Waals surface area contributed by atoms with Crippen LogP contribution in [0, 0.1) is 46.8 Å². The molecular weight excluding hydrogens is 674 g/mol. The van der Waals surface area contributed by atoms with Gasteiger partial charge >= 0.3 is 12.3 Å². The molecule has 3 aromatic carbocycles. The Morgan fingerprint density at radius 2 is 1.30 bits per heavy atom. The van der Waals surface area contributed by atoms with E-state index in [2.05, 4.69) is 11.7 Å². The van der Waals surface area contributed by atoms with Gasteiger partial charge in [-0.15, -0.1) is 0 Å². The Hall–Kier alpha value is -3.24. The molecule has 0 radical (unpaired) electrons. The highest BCUT2D eigenvalue weighted by atomic mass is 19.4. The number of hydrogen-bond donors (Lipinski definition) is 0. The number of unbranched alkanes of at least 4 members (excludes halogenated alkanes) is 2. The third-order valence-corrected chi connectivity index (χ3v) is 10.7. The first-order valence-electron chi connectivity index (χ1n) is 17.6. The Bertz CT molecular complexity index is 1580. The second-order valence-electron chi connectivity index (χ2n) is 14.0. The summed E-state index contributed by atoms with van der Waals surface area (Å²) in [4.78, 5) is 0. The maximum absolute atomic E-state index is 15.3. The predicted octanol–water partition coefficient (Wildman–Crippen LogP) is 13.3. The minimum absolute atomic E-state index is 0.140. The van der Waals surface area contributed by atoms with Crippen LogP contribution in [0.3, 0.4) is 0 Å². The summed E-state index contributed by atoms with van der Waals surface area (Å²) >= 11 is 0. The highest BCUT2D eigenvalue weighted by Gasteiger charge is 2.38. The van der Waals surface area contributed by atoms with Crippen molar-refractivity contribution in [1.82, 2.24) is 0 Å². The van der Waals surface area contributed by atoms with Crippen molar-refractivity contribution >= 4 is 0 Å². The van der Waals surface area contributed by atoms with Crippen LogP contribution in [0.15, 0.2) is 42.5 Å². The summed E-state index contributed by atoms with van der Waals surface area (Å²) in [5.74, 6) is -6.17. The van der Waals surface area contributed by atoms with E-state index in [1.165, 1.54) is 63.5 Å². The fraction of sp³-hybridized carbons (Fsp3) is 0.538. The average molecular weight is 717 g/mol. The van der Waals surface area contributed by atoms with Gasteiger partial charge in [-0.2, -0.15) is 22.0 Å². The van der Waals surface area contributed by atoms with Crippen LogP contribution < -0.4 is 4.74 Å². The van der Waals surface area contributed by atoms with Gasteiger partial charge in [-0.3, -0.25) is 0 Å². The Morgan fingerprint density at radius 1 is 0.680 bits per heavy atom. The molecule has 2 aliphatic carbocycles. The Balaban J connectivity index is 1.14. The quantitative estimate of drug-likeness (QED) is 0.134. The summed E-state index contributed by atoms with van der Waals surface area (Å²) in [6, 6.07) is 5.51. The SMILES string of the molecule is CCCCCC1CCC(C2CCC(c3ccc(CCC(F)(F)Oc4ccc(-c5cc(F)c(C(F)(F)F)c(F)c5)c(F)c4)c(F)c3F)CC2)CC1. The van der Waals surface area contributed by atoms with Gasteiger partial charge in [0.1, 0.15) is 28.8 Å². The van der Waals surface area contributed by atoms with Crippen molar-refractivity contribution < 1.29 is 48.6 Å². The lowest BCUT2D eigenvalue weighted by atomic mass is 9.68. The van der Waals surface area contributed by atoms with E-state index in [1.54, 1.807) is 0 Å². The van der Waals surface area contributed by atoms with Crippen LogP contribution >= 0.6 is 0 Å². The topological polar surface area (TPSA) is 9.23 Å². The molecule has 0 saturated heterocycles. The molecule has 0 aromatic heterocycles. The van der Waals surface area contributed by atoms with Crippen molar-refractivity contribution in [2.75, 3.05) is 0 Å². The first-order valence-corrected chi connectivity index (χ1v) is 17.6. The van der Waals surface area contributed by atoms with E-state index in [9.17, 15) is 35.1 Å². The van der Waals surface area contributed by atoms with Crippen molar-refractivity contribution in [1.29, 1.82) is 0 Å². The molecular formula is C39H42F10O. The van der Waals surface area contributed by atoms with Crippen LogP contribution in [-0.2, 0) is 12.6 Å². The van der Waals surface area contributed by atoms with E-state index in [0.717, 1.165) is 43.7 Å². The van der Waals surface area contributed by atoms with Crippen molar-refractivity contribution in [2.45, 2.75) is 115 Å². The molecule has 0 spiro atoms. The number of halogens is 10. The third kappa shape index (κ3) is 9.15. The standard InChI is InChI=1S/C39H42F10O/c1-2-3-4-5-23-6-8-24(9-7-23)25-10-12-26(13-11-25)31-16-14-27(36(43)37(31)44)18-19-38(45,46)50-29-15-17-30(32(40)22-29)28-20-33(41)35(34(42)21-28)39(47,48)49/h14-17,20-26H,2-13,18-19H2,1H3. The molecule has 11 heteroatoms.